The van der Waals surface area contributed by atoms with Gasteiger partial charge in [0.2, 0.25) is 0 Å². The molecule has 0 fully saturated rings. The quantitative estimate of drug-likeness (QED) is 0.493. The van der Waals surface area contributed by atoms with Crippen LogP contribution in [0.1, 0.15) is 47.0 Å². The molecule has 0 saturated heterocycles. The minimum atomic E-state index is -1.54. The van der Waals surface area contributed by atoms with Crippen LogP contribution < -0.4 is 74.8 Å². The molecular weight excluding hydrogens is 358 g/mol. The van der Waals surface area contributed by atoms with Crippen LogP contribution in [0, 0.1) is 5.92 Å². The second-order valence-electron chi connectivity index (χ2n) is 6.14. The second-order valence-corrected chi connectivity index (χ2v) is 6.14. The van der Waals surface area contributed by atoms with Crippen LogP contribution in [0.15, 0.2) is 21.3 Å². The number of aryl methyl sites for hydroxylation is 1. The van der Waals surface area contributed by atoms with Crippen molar-refractivity contribution < 1.29 is 83.3 Å². The van der Waals surface area contributed by atoms with E-state index in [9.17, 15) is 24.6 Å². The summed E-state index contributed by atoms with van der Waals surface area (Å²) in [6.45, 7) is 1.97. The van der Waals surface area contributed by atoms with E-state index in [0.717, 1.165) is 29.2 Å². The van der Waals surface area contributed by atoms with Crippen molar-refractivity contribution in [3.05, 3.63) is 44.8 Å². The van der Waals surface area contributed by atoms with E-state index in [2.05, 4.69) is 0 Å². The Morgan fingerprint density at radius 2 is 1.92 bits per heavy atom. The van der Waals surface area contributed by atoms with Crippen molar-refractivity contribution in [1.82, 2.24) is 0 Å². The normalized spacial score (nSPS) is 15.5. The SMILES string of the molecule is CCCc1c2c(cc3c(=O)cc(C(=O)[O-])oc13)CC(C(=O)[O-])CC2.[Na+].[Na+]. The van der Waals surface area contributed by atoms with Crippen molar-refractivity contribution in [1.29, 1.82) is 0 Å². The van der Waals surface area contributed by atoms with Crippen molar-refractivity contribution in [3.63, 3.8) is 0 Å². The third-order valence-electron chi connectivity index (χ3n) is 4.57. The summed E-state index contributed by atoms with van der Waals surface area (Å²) in [5.74, 6) is -3.68. The van der Waals surface area contributed by atoms with Crippen LogP contribution >= 0.6 is 0 Å². The molecule has 126 valence electrons. The fourth-order valence-electron chi connectivity index (χ4n) is 3.45. The molecule has 0 aliphatic heterocycles. The van der Waals surface area contributed by atoms with Gasteiger partial charge < -0.3 is 24.2 Å². The van der Waals surface area contributed by atoms with Gasteiger partial charge in [0.25, 0.3) is 0 Å². The van der Waals surface area contributed by atoms with E-state index in [-0.39, 0.29) is 70.1 Å². The van der Waals surface area contributed by atoms with Crippen molar-refractivity contribution in [3.8, 4) is 0 Å². The van der Waals surface area contributed by atoms with Crippen molar-refractivity contribution >= 4 is 22.9 Å². The van der Waals surface area contributed by atoms with Gasteiger partial charge in [0.05, 0.1) is 5.39 Å². The zero-order valence-corrected chi connectivity index (χ0v) is 19.2. The summed E-state index contributed by atoms with van der Waals surface area (Å²) in [6, 6.07) is 2.53. The van der Waals surface area contributed by atoms with Gasteiger partial charge in [-0.25, -0.2) is 0 Å². The monoisotopic (exact) mass is 374 g/mol. The molecule has 2 aromatic rings. The maximum atomic E-state index is 12.3. The molecule has 0 radical (unpaired) electrons. The molecule has 1 aliphatic rings. The van der Waals surface area contributed by atoms with Crippen molar-refractivity contribution in [2.75, 3.05) is 0 Å². The maximum Gasteiger partial charge on any atom is 1.00 e. The number of carboxylic acids is 2. The Morgan fingerprint density at radius 1 is 1.23 bits per heavy atom. The third-order valence-corrected chi connectivity index (χ3v) is 4.57. The number of carbonyl (C=O) groups excluding carboxylic acids is 2. The van der Waals surface area contributed by atoms with Crippen LogP contribution in [0.2, 0.25) is 0 Å². The van der Waals surface area contributed by atoms with Crippen LogP contribution in [0.3, 0.4) is 0 Å². The Labute approximate surface area is 194 Å². The van der Waals surface area contributed by atoms with E-state index in [1.54, 1.807) is 6.07 Å². The summed E-state index contributed by atoms with van der Waals surface area (Å²) < 4.78 is 5.44. The Kier molecular flexibility index (Phi) is 8.58. The van der Waals surface area contributed by atoms with Crippen molar-refractivity contribution in [2.24, 2.45) is 5.92 Å². The fourth-order valence-corrected chi connectivity index (χ4v) is 3.45. The largest absolute Gasteiger partial charge is 1.00 e. The number of rotatable bonds is 4. The molecule has 0 bridgehead atoms. The zero-order valence-electron chi connectivity index (χ0n) is 15.2. The molecular formula is C18H16Na2O6. The van der Waals surface area contributed by atoms with Gasteiger partial charge in [-0.15, -0.1) is 0 Å². The average Bonchev–Trinajstić information content (AvgIpc) is 2.54. The maximum absolute atomic E-state index is 12.3. The van der Waals surface area contributed by atoms with E-state index >= 15 is 0 Å². The zero-order chi connectivity index (χ0) is 17.4. The molecule has 1 aromatic carbocycles. The molecule has 1 heterocycles. The number of carboxylic acid groups (broad SMARTS) is 2. The van der Waals surface area contributed by atoms with Crippen LogP contribution in [0.4, 0.5) is 0 Å². The number of aliphatic carboxylic acids is 1. The summed E-state index contributed by atoms with van der Waals surface area (Å²) in [6.07, 6.45) is 2.72. The average molecular weight is 374 g/mol. The Hall–Kier alpha value is -0.630. The smallest absolute Gasteiger partial charge is 0.550 e. The van der Waals surface area contributed by atoms with E-state index in [1.165, 1.54) is 0 Å². The van der Waals surface area contributed by atoms with Gasteiger partial charge in [-0.3, -0.25) is 4.79 Å². The fraction of sp³-hybridized carbons (Fsp3) is 0.389. The third kappa shape index (κ3) is 4.43. The summed E-state index contributed by atoms with van der Waals surface area (Å²) >= 11 is 0. The summed E-state index contributed by atoms with van der Waals surface area (Å²) in [4.78, 5) is 34.5. The molecule has 0 N–H and O–H groups in total. The van der Waals surface area contributed by atoms with Gasteiger partial charge in [0.15, 0.2) is 11.2 Å². The molecule has 0 amide bonds. The first-order valence-electron chi connectivity index (χ1n) is 7.96. The molecule has 8 heteroatoms. The molecule has 3 rings (SSSR count). The minimum Gasteiger partial charge on any atom is -0.550 e. The van der Waals surface area contributed by atoms with E-state index in [4.69, 9.17) is 4.42 Å². The number of fused-ring (bicyclic) bond motifs is 2. The van der Waals surface area contributed by atoms with Gasteiger partial charge in [-0.1, -0.05) is 13.3 Å². The second kappa shape index (κ2) is 9.53. The van der Waals surface area contributed by atoms with Crippen LogP contribution in [-0.4, -0.2) is 11.9 Å². The Bertz CT molecular complexity index is 903. The van der Waals surface area contributed by atoms with E-state index < -0.39 is 29.0 Å². The minimum absolute atomic E-state index is 0. The summed E-state index contributed by atoms with van der Waals surface area (Å²) in [5, 5.41) is 22.5. The molecule has 0 spiro atoms. The predicted octanol–water partition coefficient (Wildman–Crippen LogP) is -6.03. The predicted molar refractivity (Wildman–Crippen MR) is 81.3 cm³/mol. The van der Waals surface area contributed by atoms with Crippen LogP contribution in [0.25, 0.3) is 11.0 Å². The number of benzene rings is 1. The molecule has 1 unspecified atom stereocenters. The molecule has 6 nitrogen and oxygen atoms in total. The van der Waals surface area contributed by atoms with Gasteiger partial charge in [0, 0.05) is 18.0 Å². The molecule has 1 aliphatic carbocycles. The van der Waals surface area contributed by atoms with Gasteiger partial charge in [0.1, 0.15) is 11.6 Å². The number of carbonyl (C=O) groups is 2. The number of hydrogen-bond acceptors (Lipinski definition) is 6. The summed E-state index contributed by atoms with van der Waals surface area (Å²) in [7, 11) is 0. The van der Waals surface area contributed by atoms with Gasteiger partial charge in [-0.2, -0.15) is 0 Å². The number of aromatic carboxylic acids is 1. The van der Waals surface area contributed by atoms with Crippen LogP contribution in [0.5, 0.6) is 0 Å². The molecule has 1 atom stereocenters. The summed E-state index contributed by atoms with van der Waals surface area (Å²) in [5.41, 5.74) is 2.36. The standard InChI is InChI=1S/C18H18O6.2Na/c1-2-3-12-11-5-4-9(17(20)21)6-10(11)7-13-14(19)8-15(18(22)23)24-16(12)13;;/h7-9H,2-6H2,1H3,(H,20,21)(H,22,23);;/q;2*+1/p-2. The topological polar surface area (TPSA) is 110 Å². The molecule has 0 saturated carbocycles. The first kappa shape index (κ1) is 23.4. The first-order chi connectivity index (χ1) is 11.4. The van der Waals surface area contributed by atoms with Gasteiger partial charge >= 0.3 is 59.1 Å². The Balaban J connectivity index is 0.00000169. The van der Waals surface area contributed by atoms with Crippen LogP contribution in [-0.2, 0) is 24.1 Å². The van der Waals surface area contributed by atoms with E-state index in [1.807, 2.05) is 6.92 Å². The first-order valence-corrected chi connectivity index (χ1v) is 7.96. The van der Waals surface area contributed by atoms with E-state index in [0.29, 0.717) is 25.7 Å². The number of hydrogen-bond donors (Lipinski definition) is 0. The Morgan fingerprint density at radius 3 is 2.50 bits per heavy atom. The molecule has 26 heavy (non-hydrogen) atoms. The van der Waals surface area contributed by atoms with Gasteiger partial charge in [-0.05, 0) is 48.4 Å². The van der Waals surface area contributed by atoms with Crippen molar-refractivity contribution in [2.45, 2.75) is 39.0 Å². The molecule has 1 aromatic heterocycles.